The van der Waals surface area contributed by atoms with Crippen LogP contribution in [0.2, 0.25) is 5.02 Å². The van der Waals surface area contributed by atoms with Gasteiger partial charge in [0.25, 0.3) is 0 Å². The summed E-state index contributed by atoms with van der Waals surface area (Å²) in [5, 5.41) is 8.60. The first-order chi connectivity index (χ1) is 12.1. The van der Waals surface area contributed by atoms with E-state index >= 15 is 0 Å². The number of rotatable bonds is 3. The molecular weight excluding hydrogens is 376 g/mol. The number of halogens is 5. The van der Waals surface area contributed by atoms with Gasteiger partial charge in [0.05, 0.1) is 10.6 Å². The van der Waals surface area contributed by atoms with Gasteiger partial charge >= 0.3 is 12.1 Å². The fourth-order valence-electron chi connectivity index (χ4n) is 2.95. The van der Waals surface area contributed by atoms with Crippen molar-refractivity contribution in [2.45, 2.75) is 25.7 Å². The molecule has 0 bridgehead atoms. The zero-order valence-corrected chi connectivity index (χ0v) is 14.0. The Morgan fingerprint density at radius 2 is 2.04 bits per heavy atom. The number of fused-ring (bicyclic) bond motifs is 1. The van der Waals surface area contributed by atoms with Gasteiger partial charge in [0, 0.05) is 31.7 Å². The Labute approximate surface area is 151 Å². The largest absolute Gasteiger partial charge is 0.477 e. The van der Waals surface area contributed by atoms with Crippen LogP contribution in [0.15, 0.2) is 24.3 Å². The normalized spacial score (nSPS) is 15.0. The molecule has 26 heavy (non-hydrogen) atoms. The average molecular weight is 389 g/mol. The Balaban J connectivity index is 1.85. The summed E-state index contributed by atoms with van der Waals surface area (Å²) < 4.78 is 53.0. The van der Waals surface area contributed by atoms with E-state index in [1.807, 2.05) is 0 Å². The molecule has 0 aliphatic carbocycles. The van der Waals surface area contributed by atoms with Crippen molar-refractivity contribution in [3.05, 3.63) is 63.2 Å². The zero-order chi connectivity index (χ0) is 19.1. The van der Waals surface area contributed by atoms with Gasteiger partial charge in [-0.25, -0.2) is 14.2 Å². The first-order valence-electron chi connectivity index (χ1n) is 7.64. The molecule has 1 aromatic carbocycles. The maximum absolute atomic E-state index is 13.5. The molecule has 1 aromatic heterocycles. The molecule has 0 saturated carbocycles. The minimum Gasteiger partial charge on any atom is -0.477 e. The van der Waals surface area contributed by atoms with E-state index in [4.69, 9.17) is 16.7 Å². The second kappa shape index (κ2) is 6.85. The fraction of sp³-hybridized carbons (Fsp3) is 0.294. The number of nitrogens with zero attached hydrogens (tertiary/aromatic N) is 2. The highest BCUT2D eigenvalue weighted by Crippen LogP contribution is 2.35. The molecule has 2 heterocycles. The molecule has 1 aliphatic rings. The standard InChI is InChI=1S/C17H13ClF4N2O2/c18-12-5-10(11(6-13(12)19)17(20,21)22)8-24-4-3-14-9(7-24)1-2-15(23-14)16(25)26/h1-2,5-6H,3-4,7-8H2,(H,25,26). The zero-order valence-electron chi connectivity index (χ0n) is 13.3. The van der Waals surface area contributed by atoms with Gasteiger partial charge in [-0.2, -0.15) is 13.2 Å². The second-order valence-electron chi connectivity index (χ2n) is 5.99. The van der Waals surface area contributed by atoms with Crippen molar-refractivity contribution in [3.8, 4) is 0 Å². The molecule has 0 atom stereocenters. The first-order valence-corrected chi connectivity index (χ1v) is 8.02. The van der Waals surface area contributed by atoms with Crippen molar-refractivity contribution in [3.63, 3.8) is 0 Å². The number of carboxylic acid groups (broad SMARTS) is 1. The molecule has 9 heteroatoms. The van der Waals surface area contributed by atoms with E-state index in [-0.39, 0.29) is 22.8 Å². The van der Waals surface area contributed by atoms with Gasteiger partial charge in [-0.15, -0.1) is 0 Å². The first kappa shape index (κ1) is 18.6. The molecule has 2 aromatic rings. The second-order valence-corrected chi connectivity index (χ2v) is 6.40. The molecule has 0 saturated heterocycles. The van der Waals surface area contributed by atoms with Gasteiger partial charge in [-0.1, -0.05) is 17.7 Å². The molecule has 0 unspecified atom stereocenters. The lowest BCUT2D eigenvalue weighted by molar-refractivity contribution is -0.138. The number of benzene rings is 1. The third-order valence-electron chi connectivity index (χ3n) is 4.19. The number of aromatic nitrogens is 1. The monoisotopic (exact) mass is 388 g/mol. The summed E-state index contributed by atoms with van der Waals surface area (Å²) in [6, 6.07) is 4.39. The smallest absolute Gasteiger partial charge is 0.416 e. The molecule has 0 spiro atoms. The summed E-state index contributed by atoms with van der Waals surface area (Å²) in [4.78, 5) is 16.8. The van der Waals surface area contributed by atoms with Crippen LogP contribution in [0.3, 0.4) is 0 Å². The molecule has 138 valence electrons. The predicted molar refractivity (Wildman–Crippen MR) is 85.4 cm³/mol. The van der Waals surface area contributed by atoms with E-state index < -0.39 is 23.5 Å². The van der Waals surface area contributed by atoms with Crippen LogP contribution in [0, 0.1) is 5.82 Å². The van der Waals surface area contributed by atoms with Crippen molar-refractivity contribution >= 4 is 17.6 Å². The minimum atomic E-state index is -4.69. The summed E-state index contributed by atoms with van der Waals surface area (Å²) >= 11 is 5.66. The highest BCUT2D eigenvalue weighted by atomic mass is 35.5. The van der Waals surface area contributed by atoms with Gasteiger partial charge in [0.15, 0.2) is 0 Å². The van der Waals surface area contributed by atoms with Gasteiger partial charge in [-0.3, -0.25) is 4.90 Å². The van der Waals surface area contributed by atoms with Crippen LogP contribution >= 0.6 is 11.6 Å². The SMILES string of the molecule is O=C(O)c1ccc2c(n1)CCN(Cc1cc(Cl)c(F)cc1C(F)(F)F)C2. The minimum absolute atomic E-state index is 0.0606. The lowest BCUT2D eigenvalue weighted by Crippen LogP contribution is -2.31. The summed E-state index contributed by atoms with van der Waals surface area (Å²) in [5.41, 5.74) is 0.145. The summed E-state index contributed by atoms with van der Waals surface area (Å²) in [7, 11) is 0. The number of carboxylic acids is 1. The number of aromatic carboxylic acids is 1. The van der Waals surface area contributed by atoms with Crippen LogP contribution in [0.5, 0.6) is 0 Å². The highest BCUT2D eigenvalue weighted by Gasteiger charge is 2.35. The van der Waals surface area contributed by atoms with Crippen molar-refractivity contribution in [1.82, 2.24) is 9.88 Å². The molecule has 1 aliphatic heterocycles. The molecule has 0 fully saturated rings. The summed E-state index contributed by atoms with van der Waals surface area (Å²) in [5.74, 6) is -2.25. The maximum Gasteiger partial charge on any atom is 0.416 e. The average Bonchev–Trinajstić information content (AvgIpc) is 2.56. The van der Waals surface area contributed by atoms with Crippen LogP contribution in [-0.4, -0.2) is 27.5 Å². The number of carbonyl (C=O) groups is 1. The lowest BCUT2D eigenvalue weighted by Gasteiger charge is -2.29. The maximum atomic E-state index is 13.5. The van der Waals surface area contributed by atoms with Crippen molar-refractivity contribution in [2.75, 3.05) is 6.54 Å². The van der Waals surface area contributed by atoms with E-state index in [1.165, 1.54) is 6.07 Å². The predicted octanol–water partition coefficient (Wildman–Crippen LogP) is 4.15. The van der Waals surface area contributed by atoms with E-state index in [9.17, 15) is 22.4 Å². The van der Waals surface area contributed by atoms with Crippen LogP contribution in [0.1, 0.15) is 32.9 Å². The highest BCUT2D eigenvalue weighted by molar-refractivity contribution is 6.30. The van der Waals surface area contributed by atoms with E-state index in [0.29, 0.717) is 31.3 Å². The number of pyridine rings is 1. The van der Waals surface area contributed by atoms with Crippen LogP contribution in [-0.2, 0) is 25.7 Å². The Morgan fingerprint density at radius 1 is 1.31 bits per heavy atom. The van der Waals surface area contributed by atoms with E-state index in [0.717, 1.165) is 11.6 Å². The third kappa shape index (κ3) is 3.81. The lowest BCUT2D eigenvalue weighted by atomic mass is 10.0. The van der Waals surface area contributed by atoms with Gasteiger partial charge in [-0.05, 0) is 29.3 Å². The quantitative estimate of drug-likeness (QED) is 0.803. The topological polar surface area (TPSA) is 53.4 Å². The van der Waals surface area contributed by atoms with E-state index in [1.54, 1.807) is 11.0 Å². The molecular formula is C17H13ClF4N2O2. The van der Waals surface area contributed by atoms with Gasteiger partial charge in [0.1, 0.15) is 11.5 Å². The Hall–Kier alpha value is -2.19. The summed E-state index contributed by atoms with van der Waals surface area (Å²) in [6.45, 7) is 0.652. The van der Waals surface area contributed by atoms with Crippen molar-refractivity contribution in [2.24, 2.45) is 0 Å². The van der Waals surface area contributed by atoms with Crippen LogP contribution in [0.25, 0.3) is 0 Å². The molecule has 3 rings (SSSR count). The molecule has 1 N–H and O–H groups in total. The number of hydrogen-bond donors (Lipinski definition) is 1. The molecule has 4 nitrogen and oxygen atoms in total. The number of hydrogen-bond acceptors (Lipinski definition) is 3. The number of alkyl halides is 3. The Kier molecular flexibility index (Phi) is 4.90. The molecule has 0 amide bonds. The van der Waals surface area contributed by atoms with Crippen molar-refractivity contribution in [1.29, 1.82) is 0 Å². The van der Waals surface area contributed by atoms with Crippen LogP contribution in [0.4, 0.5) is 17.6 Å². The van der Waals surface area contributed by atoms with Crippen LogP contribution < -0.4 is 0 Å². The summed E-state index contributed by atoms with van der Waals surface area (Å²) in [6.07, 6.45) is -4.28. The fourth-order valence-corrected chi connectivity index (χ4v) is 3.14. The Morgan fingerprint density at radius 3 is 2.69 bits per heavy atom. The third-order valence-corrected chi connectivity index (χ3v) is 4.48. The van der Waals surface area contributed by atoms with Crippen molar-refractivity contribution < 1.29 is 27.5 Å². The molecule has 0 radical (unpaired) electrons. The van der Waals surface area contributed by atoms with Gasteiger partial charge < -0.3 is 5.11 Å². The Bertz CT molecular complexity index is 871. The van der Waals surface area contributed by atoms with Gasteiger partial charge in [0.2, 0.25) is 0 Å². The van der Waals surface area contributed by atoms with E-state index in [2.05, 4.69) is 4.98 Å².